The van der Waals surface area contributed by atoms with Gasteiger partial charge in [0.1, 0.15) is 0 Å². The molecular weight excluding hydrogens is 368 g/mol. The molecule has 1 atom stereocenters. The van der Waals surface area contributed by atoms with Crippen molar-refractivity contribution >= 4 is 28.3 Å². The molecule has 1 aliphatic rings. The van der Waals surface area contributed by atoms with Crippen molar-refractivity contribution in [1.29, 1.82) is 0 Å². The minimum Gasteiger partial charge on any atom is -0.338 e. The Hall–Kier alpha value is -0.950. The minimum atomic E-state index is 0. The van der Waals surface area contributed by atoms with Crippen molar-refractivity contribution in [2.45, 2.75) is 31.8 Å². The number of aromatic nitrogens is 2. The Labute approximate surface area is 144 Å². The van der Waals surface area contributed by atoms with Crippen LogP contribution in [0, 0.1) is 0 Å². The van der Waals surface area contributed by atoms with Crippen LogP contribution in [0.2, 0.25) is 0 Å². The van der Waals surface area contributed by atoms with Gasteiger partial charge in [0.05, 0.1) is 6.54 Å². The van der Waals surface area contributed by atoms with Crippen molar-refractivity contribution in [2.75, 3.05) is 13.1 Å². The van der Waals surface area contributed by atoms with Gasteiger partial charge in [-0.15, -0.1) is 12.4 Å². The molecule has 0 spiro atoms. The summed E-state index contributed by atoms with van der Waals surface area (Å²) in [7, 11) is 0. The first-order chi connectivity index (χ1) is 10.3. The molecule has 1 aliphatic heterocycles. The second kappa shape index (κ2) is 8.06. The Morgan fingerprint density at radius 1 is 1.36 bits per heavy atom. The minimum absolute atomic E-state index is 0. The molecule has 1 aromatic carbocycles. The number of nitrogens with two attached hydrogens (primary N) is 1. The fourth-order valence-corrected chi connectivity index (χ4v) is 3.17. The highest BCUT2D eigenvalue weighted by atomic mass is 79.9. The number of hydrogen-bond donors (Lipinski definition) is 1. The predicted molar refractivity (Wildman–Crippen MR) is 91.8 cm³/mol. The van der Waals surface area contributed by atoms with E-state index in [-0.39, 0.29) is 12.4 Å². The lowest BCUT2D eigenvalue weighted by molar-refractivity contribution is 0.128. The zero-order valence-electron chi connectivity index (χ0n) is 12.2. The lowest BCUT2D eigenvalue weighted by atomic mass is 10.0. The van der Waals surface area contributed by atoms with Crippen LogP contribution in [-0.4, -0.2) is 34.2 Å². The largest absolute Gasteiger partial charge is 0.338 e. The van der Waals surface area contributed by atoms with E-state index in [4.69, 9.17) is 10.3 Å². The molecule has 0 saturated carbocycles. The summed E-state index contributed by atoms with van der Waals surface area (Å²) in [5, 5.41) is 4.08. The standard InChI is InChI=1S/C15H19BrN4O.ClH/c16-12-5-3-4-11(8-12)15-18-14(21-19-15)10-20-7-2-1-6-13(20)9-17;/h3-5,8,13H,1-2,6-7,9-10,17H2;1H. The Kier molecular flexibility index (Phi) is 6.37. The van der Waals surface area contributed by atoms with Gasteiger partial charge in [0.15, 0.2) is 0 Å². The van der Waals surface area contributed by atoms with E-state index in [1.165, 1.54) is 12.8 Å². The summed E-state index contributed by atoms with van der Waals surface area (Å²) in [4.78, 5) is 6.85. The fourth-order valence-electron chi connectivity index (χ4n) is 2.77. The van der Waals surface area contributed by atoms with Gasteiger partial charge in [-0.05, 0) is 31.5 Å². The van der Waals surface area contributed by atoms with Gasteiger partial charge in [-0.3, -0.25) is 4.90 Å². The van der Waals surface area contributed by atoms with Crippen LogP contribution in [0.3, 0.4) is 0 Å². The number of halogens is 2. The molecule has 0 aliphatic carbocycles. The third-order valence-corrected chi connectivity index (χ3v) is 4.40. The molecule has 0 radical (unpaired) electrons. The Morgan fingerprint density at radius 3 is 3.00 bits per heavy atom. The average molecular weight is 388 g/mol. The van der Waals surface area contributed by atoms with E-state index in [2.05, 4.69) is 31.0 Å². The van der Waals surface area contributed by atoms with Gasteiger partial charge in [-0.2, -0.15) is 4.98 Å². The summed E-state index contributed by atoms with van der Waals surface area (Å²) < 4.78 is 6.40. The summed E-state index contributed by atoms with van der Waals surface area (Å²) in [5.41, 5.74) is 6.80. The normalized spacial score (nSPS) is 18.9. The Bertz CT molecular complexity index is 607. The van der Waals surface area contributed by atoms with E-state index in [1.807, 2.05) is 24.3 Å². The SMILES string of the molecule is Cl.NCC1CCCCN1Cc1nc(-c2cccc(Br)c2)no1. The van der Waals surface area contributed by atoms with Crippen LogP contribution in [0.4, 0.5) is 0 Å². The third-order valence-electron chi connectivity index (χ3n) is 3.91. The van der Waals surface area contributed by atoms with Crippen molar-refractivity contribution in [1.82, 2.24) is 15.0 Å². The molecule has 1 unspecified atom stereocenters. The van der Waals surface area contributed by atoms with Crippen LogP contribution < -0.4 is 5.73 Å². The fraction of sp³-hybridized carbons (Fsp3) is 0.467. The van der Waals surface area contributed by atoms with Crippen LogP contribution in [0.15, 0.2) is 33.3 Å². The van der Waals surface area contributed by atoms with Crippen LogP contribution in [-0.2, 0) is 6.54 Å². The molecular formula is C15H20BrClN4O. The van der Waals surface area contributed by atoms with Crippen LogP contribution in [0.5, 0.6) is 0 Å². The summed E-state index contributed by atoms with van der Waals surface area (Å²) in [5.74, 6) is 1.29. The first kappa shape index (κ1) is 17.4. The summed E-state index contributed by atoms with van der Waals surface area (Å²) in [6, 6.07) is 8.33. The average Bonchev–Trinajstić information content (AvgIpc) is 2.96. The zero-order valence-corrected chi connectivity index (χ0v) is 14.6. The molecule has 0 bridgehead atoms. The number of piperidine rings is 1. The molecule has 7 heteroatoms. The topological polar surface area (TPSA) is 68.2 Å². The Balaban J connectivity index is 0.00000176. The molecule has 3 rings (SSSR count). The smallest absolute Gasteiger partial charge is 0.241 e. The number of nitrogens with zero attached hydrogens (tertiary/aromatic N) is 3. The van der Waals surface area contributed by atoms with Crippen molar-refractivity contribution in [3.63, 3.8) is 0 Å². The quantitative estimate of drug-likeness (QED) is 0.872. The molecule has 2 heterocycles. The van der Waals surface area contributed by atoms with E-state index < -0.39 is 0 Å². The maximum Gasteiger partial charge on any atom is 0.241 e. The van der Waals surface area contributed by atoms with Crippen molar-refractivity contribution in [2.24, 2.45) is 5.73 Å². The lowest BCUT2D eigenvalue weighted by Gasteiger charge is -2.33. The van der Waals surface area contributed by atoms with Gasteiger partial charge in [-0.25, -0.2) is 0 Å². The molecule has 2 aromatic rings. The number of rotatable bonds is 4. The second-order valence-corrected chi connectivity index (χ2v) is 6.29. The maximum absolute atomic E-state index is 5.85. The highest BCUT2D eigenvalue weighted by Gasteiger charge is 2.23. The van der Waals surface area contributed by atoms with Crippen molar-refractivity contribution in [3.8, 4) is 11.4 Å². The first-order valence-corrected chi connectivity index (χ1v) is 8.08. The third kappa shape index (κ3) is 4.07. The number of hydrogen-bond acceptors (Lipinski definition) is 5. The van der Waals surface area contributed by atoms with Crippen molar-refractivity contribution in [3.05, 3.63) is 34.6 Å². The lowest BCUT2D eigenvalue weighted by Crippen LogP contribution is -2.43. The molecule has 5 nitrogen and oxygen atoms in total. The monoisotopic (exact) mass is 386 g/mol. The molecule has 1 saturated heterocycles. The van der Waals surface area contributed by atoms with Gasteiger partial charge >= 0.3 is 0 Å². The molecule has 120 valence electrons. The van der Waals surface area contributed by atoms with Crippen molar-refractivity contribution < 1.29 is 4.52 Å². The summed E-state index contributed by atoms with van der Waals surface area (Å²) in [6.07, 6.45) is 3.62. The van der Waals surface area contributed by atoms with Gasteiger partial charge in [0.2, 0.25) is 11.7 Å². The molecule has 1 fully saturated rings. The summed E-state index contributed by atoms with van der Waals surface area (Å²) >= 11 is 3.45. The van der Waals surface area contributed by atoms with E-state index in [9.17, 15) is 0 Å². The van der Waals surface area contributed by atoms with Gasteiger partial charge in [0.25, 0.3) is 0 Å². The zero-order chi connectivity index (χ0) is 14.7. The van der Waals surface area contributed by atoms with E-state index in [0.29, 0.717) is 30.8 Å². The maximum atomic E-state index is 5.85. The van der Waals surface area contributed by atoms with Crippen LogP contribution >= 0.6 is 28.3 Å². The Morgan fingerprint density at radius 2 is 2.23 bits per heavy atom. The second-order valence-electron chi connectivity index (χ2n) is 5.38. The van der Waals surface area contributed by atoms with Gasteiger partial charge in [0, 0.05) is 22.6 Å². The number of benzene rings is 1. The molecule has 2 N–H and O–H groups in total. The predicted octanol–water partition coefficient (Wildman–Crippen LogP) is 3.23. The van der Waals surface area contributed by atoms with Gasteiger partial charge in [-0.1, -0.05) is 39.6 Å². The highest BCUT2D eigenvalue weighted by molar-refractivity contribution is 9.10. The van der Waals surface area contributed by atoms with E-state index in [0.717, 1.165) is 23.0 Å². The molecule has 1 aromatic heterocycles. The highest BCUT2D eigenvalue weighted by Crippen LogP contribution is 2.22. The summed E-state index contributed by atoms with van der Waals surface area (Å²) in [6.45, 7) is 2.42. The molecule has 0 amide bonds. The van der Waals surface area contributed by atoms with Crippen LogP contribution in [0.1, 0.15) is 25.2 Å². The number of likely N-dealkylation sites (tertiary alicyclic amines) is 1. The molecule has 22 heavy (non-hydrogen) atoms. The van der Waals surface area contributed by atoms with Crippen LogP contribution in [0.25, 0.3) is 11.4 Å². The van der Waals surface area contributed by atoms with E-state index in [1.54, 1.807) is 0 Å². The van der Waals surface area contributed by atoms with E-state index >= 15 is 0 Å². The first-order valence-electron chi connectivity index (χ1n) is 7.29. The van der Waals surface area contributed by atoms with Gasteiger partial charge < -0.3 is 10.3 Å².